The van der Waals surface area contributed by atoms with Crippen molar-refractivity contribution in [1.82, 2.24) is 10.2 Å². The van der Waals surface area contributed by atoms with E-state index in [1.165, 1.54) is 10.5 Å². The number of nitrogens with zero attached hydrogens (tertiary/aromatic N) is 1. The number of amides is 1. The second kappa shape index (κ2) is 9.22. The Labute approximate surface area is 160 Å². The summed E-state index contributed by atoms with van der Waals surface area (Å²) in [4.78, 5) is 15.8. The molecule has 1 heterocycles. The predicted octanol–water partition coefficient (Wildman–Crippen LogP) is 2.68. The number of rotatable bonds is 6. The number of morpholine rings is 1. The van der Waals surface area contributed by atoms with E-state index in [1.54, 1.807) is 18.9 Å². The molecule has 6 heteroatoms. The SMILES string of the molecule is COCC(=O)N[C@@H]1CCCC[C@]12CN(Cc1ccc(SC)cc1)CCO2. The lowest BCUT2D eigenvalue weighted by Gasteiger charge is -2.49. The van der Waals surface area contributed by atoms with Gasteiger partial charge in [-0.25, -0.2) is 0 Å². The first-order valence-corrected chi connectivity index (χ1v) is 10.7. The average Bonchev–Trinajstić information content (AvgIpc) is 2.65. The largest absolute Gasteiger partial charge is 0.375 e. The molecule has 0 radical (unpaired) electrons. The number of methoxy groups -OCH3 is 1. The minimum absolute atomic E-state index is 0.0489. The van der Waals surface area contributed by atoms with Gasteiger partial charge >= 0.3 is 0 Å². The summed E-state index contributed by atoms with van der Waals surface area (Å²) in [6.07, 6.45) is 6.38. The molecule has 2 atom stereocenters. The molecule has 1 saturated carbocycles. The molecular formula is C20H30N2O3S. The fourth-order valence-electron chi connectivity index (χ4n) is 4.15. The minimum Gasteiger partial charge on any atom is -0.375 e. The van der Waals surface area contributed by atoms with E-state index in [1.807, 2.05) is 0 Å². The van der Waals surface area contributed by atoms with Crippen molar-refractivity contribution in [2.75, 3.05) is 39.7 Å². The maximum absolute atomic E-state index is 12.1. The average molecular weight is 379 g/mol. The van der Waals surface area contributed by atoms with Crippen molar-refractivity contribution in [2.24, 2.45) is 0 Å². The highest BCUT2D eigenvalue weighted by Crippen LogP contribution is 2.35. The highest BCUT2D eigenvalue weighted by atomic mass is 32.2. The van der Waals surface area contributed by atoms with Crippen LogP contribution in [-0.4, -0.2) is 62.1 Å². The van der Waals surface area contributed by atoms with E-state index >= 15 is 0 Å². The van der Waals surface area contributed by atoms with Gasteiger partial charge in [0, 0.05) is 31.6 Å². The molecule has 1 aromatic rings. The Morgan fingerprint density at radius 1 is 1.38 bits per heavy atom. The molecule has 1 aliphatic heterocycles. The van der Waals surface area contributed by atoms with Crippen molar-refractivity contribution in [2.45, 2.75) is 48.8 Å². The van der Waals surface area contributed by atoms with Gasteiger partial charge in [0.25, 0.3) is 0 Å². The van der Waals surface area contributed by atoms with Crippen molar-refractivity contribution in [3.05, 3.63) is 29.8 Å². The lowest BCUT2D eigenvalue weighted by Crippen LogP contribution is -2.64. The van der Waals surface area contributed by atoms with Crippen LogP contribution in [0.25, 0.3) is 0 Å². The monoisotopic (exact) mass is 378 g/mol. The second-order valence-corrected chi connectivity index (χ2v) is 8.15. The van der Waals surface area contributed by atoms with Gasteiger partial charge in [0.15, 0.2) is 0 Å². The number of thioether (sulfide) groups is 1. The topological polar surface area (TPSA) is 50.8 Å². The predicted molar refractivity (Wildman–Crippen MR) is 104 cm³/mol. The van der Waals surface area contributed by atoms with Crippen LogP contribution in [0.3, 0.4) is 0 Å². The van der Waals surface area contributed by atoms with Gasteiger partial charge in [0.1, 0.15) is 12.2 Å². The zero-order chi connectivity index (χ0) is 18.4. The Bertz CT molecular complexity index is 591. The van der Waals surface area contributed by atoms with E-state index in [4.69, 9.17) is 9.47 Å². The zero-order valence-corrected chi connectivity index (χ0v) is 16.6. The molecular weight excluding hydrogens is 348 g/mol. The van der Waals surface area contributed by atoms with Gasteiger partial charge in [-0.1, -0.05) is 25.0 Å². The summed E-state index contributed by atoms with van der Waals surface area (Å²) in [5.74, 6) is -0.0489. The van der Waals surface area contributed by atoms with Crippen LogP contribution >= 0.6 is 11.8 Å². The lowest BCUT2D eigenvalue weighted by atomic mass is 9.78. The maximum atomic E-state index is 12.1. The number of carbonyl (C=O) groups is 1. The summed E-state index contributed by atoms with van der Waals surface area (Å²) in [6.45, 7) is 3.57. The molecule has 0 aromatic heterocycles. The van der Waals surface area contributed by atoms with Gasteiger partial charge in [-0.05, 0) is 36.8 Å². The maximum Gasteiger partial charge on any atom is 0.246 e. The van der Waals surface area contributed by atoms with Crippen LogP contribution in [-0.2, 0) is 20.8 Å². The first-order chi connectivity index (χ1) is 12.6. The van der Waals surface area contributed by atoms with Crippen molar-refractivity contribution in [3.8, 4) is 0 Å². The van der Waals surface area contributed by atoms with Gasteiger partial charge in [-0.3, -0.25) is 9.69 Å². The van der Waals surface area contributed by atoms with Gasteiger partial charge in [0.2, 0.25) is 5.91 Å². The van der Waals surface area contributed by atoms with Crippen molar-refractivity contribution in [3.63, 3.8) is 0 Å². The molecule has 1 amide bonds. The summed E-state index contributed by atoms with van der Waals surface area (Å²) in [6, 6.07) is 8.87. The Kier molecular flexibility index (Phi) is 6.98. The molecule has 26 heavy (non-hydrogen) atoms. The highest BCUT2D eigenvalue weighted by Gasteiger charge is 2.45. The Hall–Kier alpha value is -1.08. The molecule has 2 aliphatic rings. The fourth-order valence-corrected chi connectivity index (χ4v) is 4.56. The van der Waals surface area contributed by atoms with Crippen LogP contribution < -0.4 is 5.32 Å². The molecule has 1 N–H and O–H groups in total. The number of ether oxygens (including phenoxy) is 2. The molecule has 144 valence electrons. The van der Waals surface area contributed by atoms with Gasteiger partial charge in [0.05, 0.1) is 12.6 Å². The van der Waals surface area contributed by atoms with E-state index in [0.717, 1.165) is 51.9 Å². The number of nitrogens with one attached hydrogen (secondary N) is 1. The lowest BCUT2D eigenvalue weighted by molar-refractivity contribution is -0.152. The number of benzene rings is 1. The summed E-state index contributed by atoms with van der Waals surface area (Å²) >= 11 is 1.77. The van der Waals surface area contributed by atoms with Crippen LogP contribution in [0.15, 0.2) is 29.2 Å². The van der Waals surface area contributed by atoms with E-state index in [9.17, 15) is 4.79 Å². The van der Waals surface area contributed by atoms with Crippen LogP contribution in [0.4, 0.5) is 0 Å². The molecule has 1 aliphatic carbocycles. The van der Waals surface area contributed by atoms with E-state index < -0.39 is 0 Å². The van der Waals surface area contributed by atoms with E-state index in [-0.39, 0.29) is 24.2 Å². The first-order valence-electron chi connectivity index (χ1n) is 9.43. The van der Waals surface area contributed by atoms with Gasteiger partial charge in [-0.2, -0.15) is 0 Å². The third-order valence-electron chi connectivity index (χ3n) is 5.44. The van der Waals surface area contributed by atoms with Crippen molar-refractivity contribution < 1.29 is 14.3 Å². The number of hydrogen-bond donors (Lipinski definition) is 1. The fraction of sp³-hybridized carbons (Fsp3) is 0.650. The van der Waals surface area contributed by atoms with Gasteiger partial charge in [-0.15, -0.1) is 11.8 Å². The minimum atomic E-state index is -0.265. The van der Waals surface area contributed by atoms with Crippen molar-refractivity contribution >= 4 is 17.7 Å². The van der Waals surface area contributed by atoms with Crippen LogP contribution in [0, 0.1) is 0 Å². The smallest absolute Gasteiger partial charge is 0.246 e. The third kappa shape index (κ3) is 4.80. The summed E-state index contributed by atoms with van der Waals surface area (Å²) in [5, 5.41) is 3.16. The van der Waals surface area contributed by atoms with Crippen molar-refractivity contribution in [1.29, 1.82) is 0 Å². The van der Waals surface area contributed by atoms with Crippen LogP contribution in [0.1, 0.15) is 31.2 Å². The third-order valence-corrected chi connectivity index (χ3v) is 6.19. The first kappa shape index (κ1) is 19.7. The Morgan fingerprint density at radius 2 is 2.19 bits per heavy atom. The van der Waals surface area contributed by atoms with Crippen LogP contribution in [0.5, 0.6) is 0 Å². The quantitative estimate of drug-likeness (QED) is 0.772. The van der Waals surface area contributed by atoms with E-state index in [0.29, 0.717) is 0 Å². The Morgan fingerprint density at radius 3 is 2.92 bits per heavy atom. The number of carbonyl (C=O) groups excluding carboxylic acids is 1. The Balaban J connectivity index is 1.66. The van der Waals surface area contributed by atoms with E-state index in [2.05, 4.69) is 40.7 Å². The summed E-state index contributed by atoms with van der Waals surface area (Å²) < 4.78 is 11.3. The van der Waals surface area contributed by atoms with Crippen LogP contribution in [0.2, 0.25) is 0 Å². The molecule has 0 unspecified atom stereocenters. The zero-order valence-electron chi connectivity index (χ0n) is 15.8. The molecule has 2 fully saturated rings. The molecule has 3 rings (SSSR count). The molecule has 0 bridgehead atoms. The highest BCUT2D eigenvalue weighted by molar-refractivity contribution is 7.98. The normalized spacial score (nSPS) is 26.8. The summed E-state index contributed by atoms with van der Waals surface area (Å²) in [7, 11) is 1.55. The molecule has 1 spiro atoms. The summed E-state index contributed by atoms with van der Waals surface area (Å²) in [5.41, 5.74) is 1.06. The van der Waals surface area contributed by atoms with Gasteiger partial charge < -0.3 is 14.8 Å². The second-order valence-electron chi connectivity index (χ2n) is 7.27. The standard InChI is InChI=1S/C20H30N2O3S/c1-24-14-19(23)21-18-5-3-4-10-20(18)15-22(11-12-25-20)13-16-6-8-17(26-2)9-7-16/h6-9,18H,3-5,10-15H2,1-2H3,(H,21,23)/t18-,20+/m1/s1. The number of hydrogen-bond acceptors (Lipinski definition) is 5. The molecule has 1 saturated heterocycles. The molecule has 1 aromatic carbocycles. The molecule has 5 nitrogen and oxygen atoms in total.